The number of fused-ring (bicyclic) bond motifs is 1. The molecule has 0 spiro atoms. The first-order valence-corrected chi connectivity index (χ1v) is 11.8. The van der Waals surface area contributed by atoms with Gasteiger partial charge in [0.25, 0.3) is 0 Å². The second kappa shape index (κ2) is 10.1. The summed E-state index contributed by atoms with van der Waals surface area (Å²) in [6.07, 6.45) is 12.0. The number of anilines is 1. The zero-order chi connectivity index (χ0) is 23.4. The Morgan fingerprint density at radius 2 is 2.00 bits per heavy atom. The maximum absolute atomic E-state index is 8.01. The van der Waals surface area contributed by atoms with Crippen LogP contribution in [0.2, 0.25) is 0 Å². The fourth-order valence-electron chi connectivity index (χ4n) is 4.15. The maximum atomic E-state index is 8.01. The van der Waals surface area contributed by atoms with E-state index in [1.165, 1.54) is 31.9 Å². The SMILES string of the molecule is CC(C)N/C=C(\C=N)c1cn2c(-c3cccc(NC4CCCC4)n3)cnc2cc1OC(C)C. The van der Waals surface area contributed by atoms with E-state index in [9.17, 15) is 0 Å². The largest absolute Gasteiger partial charge is 0.490 e. The molecule has 0 amide bonds. The van der Waals surface area contributed by atoms with E-state index in [1.807, 2.05) is 61.1 Å². The van der Waals surface area contributed by atoms with Crippen molar-refractivity contribution >= 4 is 23.3 Å². The second-order valence-electron chi connectivity index (χ2n) is 9.19. The minimum Gasteiger partial charge on any atom is -0.490 e. The second-order valence-corrected chi connectivity index (χ2v) is 9.19. The molecule has 0 bridgehead atoms. The molecular weight excluding hydrogens is 412 g/mol. The van der Waals surface area contributed by atoms with Crippen LogP contribution >= 0.6 is 0 Å². The molecule has 3 aromatic heterocycles. The van der Waals surface area contributed by atoms with E-state index in [2.05, 4.69) is 29.5 Å². The minimum atomic E-state index is 0.00526. The molecule has 0 aliphatic heterocycles. The third-order valence-electron chi connectivity index (χ3n) is 5.73. The van der Waals surface area contributed by atoms with Crippen LogP contribution in [0.25, 0.3) is 22.6 Å². The van der Waals surface area contributed by atoms with Crippen LogP contribution in [0.15, 0.2) is 42.9 Å². The predicted molar refractivity (Wildman–Crippen MR) is 135 cm³/mol. The number of imidazole rings is 1. The van der Waals surface area contributed by atoms with Crippen molar-refractivity contribution < 1.29 is 4.74 Å². The molecule has 1 aliphatic carbocycles. The van der Waals surface area contributed by atoms with E-state index >= 15 is 0 Å². The summed E-state index contributed by atoms with van der Waals surface area (Å²) in [6.45, 7) is 8.13. The van der Waals surface area contributed by atoms with E-state index < -0.39 is 0 Å². The molecule has 0 aromatic carbocycles. The summed E-state index contributed by atoms with van der Waals surface area (Å²) >= 11 is 0. The fourth-order valence-corrected chi connectivity index (χ4v) is 4.15. The molecule has 7 heteroatoms. The lowest BCUT2D eigenvalue weighted by molar-refractivity contribution is 0.242. The Bertz CT molecular complexity index is 1140. The van der Waals surface area contributed by atoms with Gasteiger partial charge in [-0.2, -0.15) is 0 Å². The van der Waals surface area contributed by atoms with Gasteiger partial charge in [0.2, 0.25) is 0 Å². The van der Waals surface area contributed by atoms with Gasteiger partial charge >= 0.3 is 0 Å². The summed E-state index contributed by atoms with van der Waals surface area (Å²) in [4.78, 5) is 9.51. The molecule has 0 radical (unpaired) electrons. The molecule has 1 saturated carbocycles. The number of aromatic nitrogens is 3. The van der Waals surface area contributed by atoms with Gasteiger partial charge in [0, 0.05) is 47.9 Å². The number of rotatable bonds is 9. The van der Waals surface area contributed by atoms with Gasteiger partial charge in [0.1, 0.15) is 17.2 Å². The van der Waals surface area contributed by atoms with Crippen LogP contribution in [-0.2, 0) is 0 Å². The third-order valence-corrected chi connectivity index (χ3v) is 5.73. The Hall–Kier alpha value is -3.35. The van der Waals surface area contributed by atoms with Gasteiger partial charge in [-0.15, -0.1) is 0 Å². The van der Waals surface area contributed by atoms with Crippen LogP contribution in [0, 0.1) is 5.41 Å². The Balaban J connectivity index is 1.76. The number of hydrogen-bond donors (Lipinski definition) is 3. The zero-order valence-corrected chi connectivity index (χ0v) is 19.9. The fraction of sp³-hybridized carbons (Fsp3) is 0.423. The van der Waals surface area contributed by atoms with Gasteiger partial charge in [-0.05, 0) is 52.7 Å². The first kappa shape index (κ1) is 22.8. The van der Waals surface area contributed by atoms with Crippen LogP contribution < -0.4 is 15.4 Å². The van der Waals surface area contributed by atoms with E-state index in [-0.39, 0.29) is 12.1 Å². The van der Waals surface area contributed by atoms with Crippen molar-refractivity contribution in [3.8, 4) is 17.1 Å². The van der Waals surface area contributed by atoms with E-state index in [0.717, 1.165) is 34.0 Å². The van der Waals surface area contributed by atoms with Crippen LogP contribution in [0.5, 0.6) is 5.75 Å². The van der Waals surface area contributed by atoms with Crippen molar-refractivity contribution in [1.29, 1.82) is 5.41 Å². The number of nitrogens with one attached hydrogen (secondary N) is 3. The van der Waals surface area contributed by atoms with Crippen LogP contribution in [-0.4, -0.2) is 38.8 Å². The monoisotopic (exact) mass is 446 g/mol. The lowest BCUT2D eigenvalue weighted by atomic mass is 10.1. The molecule has 0 saturated heterocycles. The summed E-state index contributed by atoms with van der Waals surface area (Å²) in [5.74, 6) is 1.61. The van der Waals surface area contributed by atoms with Crippen molar-refractivity contribution in [2.24, 2.45) is 0 Å². The molecule has 3 aromatic rings. The lowest BCUT2D eigenvalue weighted by Gasteiger charge is -2.17. The highest BCUT2D eigenvalue weighted by atomic mass is 16.5. The van der Waals surface area contributed by atoms with Gasteiger partial charge in [0.05, 0.1) is 23.7 Å². The molecule has 4 rings (SSSR count). The number of nitrogens with zero attached hydrogens (tertiary/aromatic N) is 3. The van der Waals surface area contributed by atoms with Gasteiger partial charge in [0.15, 0.2) is 0 Å². The molecule has 33 heavy (non-hydrogen) atoms. The summed E-state index contributed by atoms with van der Waals surface area (Å²) in [5.41, 5.74) is 4.11. The summed E-state index contributed by atoms with van der Waals surface area (Å²) in [7, 11) is 0. The highest BCUT2D eigenvalue weighted by molar-refractivity contribution is 6.09. The van der Waals surface area contributed by atoms with Crippen molar-refractivity contribution in [2.75, 3.05) is 5.32 Å². The Morgan fingerprint density at radius 3 is 2.70 bits per heavy atom. The van der Waals surface area contributed by atoms with Crippen molar-refractivity contribution in [2.45, 2.75) is 71.6 Å². The average Bonchev–Trinajstić information content (AvgIpc) is 3.43. The predicted octanol–water partition coefficient (Wildman–Crippen LogP) is 5.53. The van der Waals surface area contributed by atoms with Crippen LogP contribution in [0.3, 0.4) is 0 Å². The van der Waals surface area contributed by atoms with E-state index in [0.29, 0.717) is 11.8 Å². The lowest BCUT2D eigenvalue weighted by Crippen LogP contribution is -2.17. The number of hydrogen-bond acceptors (Lipinski definition) is 6. The topological polar surface area (TPSA) is 87.3 Å². The molecule has 174 valence electrons. The standard InChI is InChI=1S/C26H34N6O/c1-17(2)28-14-19(13-27)21-16-32-23(15-29-26(32)12-24(21)33-18(3)4)22-10-7-11-25(31-22)30-20-8-5-6-9-20/h7,10-18,20,27-28H,5-6,8-9H2,1-4H3,(H,30,31)/b19-14+,27-13?. The van der Waals surface area contributed by atoms with Gasteiger partial charge in [-0.3, -0.25) is 4.40 Å². The normalized spacial score (nSPS) is 14.9. The third kappa shape index (κ3) is 5.35. The quantitative estimate of drug-likeness (QED) is 0.376. The molecule has 1 aliphatic rings. The number of pyridine rings is 2. The first-order chi connectivity index (χ1) is 15.9. The molecule has 3 N–H and O–H groups in total. The average molecular weight is 447 g/mol. The van der Waals surface area contributed by atoms with Gasteiger partial charge < -0.3 is 20.8 Å². The van der Waals surface area contributed by atoms with Crippen molar-refractivity contribution in [1.82, 2.24) is 19.7 Å². The number of allylic oxidation sites excluding steroid dienone is 1. The summed E-state index contributed by atoms with van der Waals surface area (Å²) in [5, 5.41) is 14.9. The Morgan fingerprint density at radius 1 is 1.21 bits per heavy atom. The zero-order valence-electron chi connectivity index (χ0n) is 19.9. The van der Waals surface area contributed by atoms with Crippen LogP contribution in [0.4, 0.5) is 5.82 Å². The van der Waals surface area contributed by atoms with Gasteiger partial charge in [-0.1, -0.05) is 18.9 Å². The molecule has 0 unspecified atom stereocenters. The highest BCUT2D eigenvalue weighted by Gasteiger charge is 2.18. The van der Waals surface area contributed by atoms with Crippen molar-refractivity contribution in [3.05, 3.63) is 48.4 Å². The molecule has 3 heterocycles. The summed E-state index contributed by atoms with van der Waals surface area (Å²) < 4.78 is 8.13. The molecular formula is C26H34N6O. The molecule has 1 fully saturated rings. The Kier molecular flexibility index (Phi) is 6.96. The first-order valence-electron chi connectivity index (χ1n) is 11.8. The smallest absolute Gasteiger partial charge is 0.140 e. The van der Waals surface area contributed by atoms with E-state index in [4.69, 9.17) is 15.1 Å². The Labute approximate surface area is 195 Å². The molecule has 0 atom stereocenters. The summed E-state index contributed by atoms with van der Waals surface area (Å²) in [6, 6.07) is 8.78. The highest BCUT2D eigenvalue weighted by Crippen LogP contribution is 2.31. The van der Waals surface area contributed by atoms with E-state index in [1.54, 1.807) is 0 Å². The number of ether oxygens (including phenoxy) is 1. The minimum absolute atomic E-state index is 0.00526. The molecule has 7 nitrogen and oxygen atoms in total. The van der Waals surface area contributed by atoms with Crippen molar-refractivity contribution in [3.63, 3.8) is 0 Å². The van der Waals surface area contributed by atoms with Crippen LogP contribution in [0.1, 0.15) is 58.9 Å². The maximum Gasteiger partial charge on any atom is 0.140 e. The van der Waals surface area contributed by atoms with Gasteiger partial charge in [-0.25, -0.2) is 9.97 Å².